The van der Waals surface area contributed by atoms with Gasteiger partial charge in [-0.3, -0.25) is 0 Å². The summed E-state index contributed by atoms with van der Waals surface area (Å²) < 4.78 is 15.7. The number of carbonyl (C=O) groups is 2. The molecule has 0 fully saturated rings. The molecule has 2 rings (SSSR count). The quantitative estimate of drug-likeness (QED) is 0.390. The molecule has 2 N–H and O–H groups in total. The van der Waals surface area contributed by atoms with Gasteiger partial charge in [-0.2, -0.15) is 0 Å². The van der Waals surface area contributed by atoms with Crippen LogP contribution in [0.2, 0.25) is 0 Å². The highest BCUT2D eigenvalue weighted by molar-refractivity contribution is 5.97. The van der Waals surface area contributed by atoms with Crippen LogP contribution in [0.4, 0.5) is 10.5 Å². The molecule has 0 bridgehead atoms. The number of benzene rings is 2. The molecule has 6 heteroatoms. The number of esters is 1. The third-order valence-electron chi connectivity index (χ3n) is 3.21. The van der Waals surface area contributed by atoms with Crippen molar-refractivity contribution in [2.75, 3.05) is 5.73 Å². The van der Waals surface area contributed by atoms with Crippen LogP contribution in [0.15, 0.2) is 42.5 Å². The van der Waals surface area contributed by atoms with Gasteiger partial charge in [0.15, 0.2) is 0 Å². The van der Waals surface area contributed by atoms with Crippen LogP contribution in [0.1, 0.15) is 36.7 Å². The lowest BCUT2D eigenvalue weighted by molar-refractivity contribution is 0.0204. The van der Waals surface area contributed by atoms with Gasteiger partial charge in [0.25, 0.3) is 0 Å². The first-order valence-corrected chi connectivity index (χ1v) is 7.74. The summed E-state index contributed by atoms with van der Waals surface area (Å²) in [6.45, 7) is 6.80. The van der Waals surface area contributed by atoms with E-state index in [-0.39, 0.29) is 11.3 Å². The van der Waals surface area contributed by atoms with Crippen molar-refractivity contribution < 1.29 is 23.8 Å². The van der Waals surface area contributed by atoms with Gasteiger partial charge in [0, 0.05) is 5.69 Å². The minimum atomic E-state index is -0.912. The summed E-state index contributed by atoms with van der Waals surface area (Å²) in [5, 5.41) is 0. The summed E-state index contributed by atoms with van der Waals surface area (Å²) >= 11 is 0. The average Bonchev–Trinajstić information content (AvgIpc) is 2.50. The minimum absolute atomic E-state index is 0.0295. The summed E-state index contributed by atoms with van der Waals surface area (Å²) in [5.74, 6) is -0.269. The lowest BCUT2D eigenvalue weighted by Gasteiger charge is -2.20. The van der Waals surface area contributed by atoms with Crippen LogP contribution < -0.4 is 15.2 Å². The molecule has 132 valence electrons. The summed E-state index contributed by atoms with van der Waals surface area (Å²) in [6, 6.07) is 11.6. The van der Waals surface area contributed by atoms with E-state index < -0.39 is 17.7 Å². The maximum Gasteiger partial charge on any atom is 0.514 e. The normalized spacial score (nSPS) is 10.9. The fraction of sp³-hybridized carbons (Fsp3) is 0.263. The number of ether oxygens (including phenoxy) is 3. The van der Waals surface area contributed by atoms with Gasteiger partial charge in [0.1, 0.15) is 22.7 Å². The Balaban J connectivity index is 2.31. The number of hydrogen-bond donors (Lipinski definition) is 1. The van der Waals surface area contributed by atoms with Gasteiger partial charge in [-0.05, 0) is 57.5 Å². The summed E-state index contributed by atoms with van der Waals surface area (Å²) in [7, 11) is 0. The standard InChI is InChI=1S/C19H21NO5/c1-12-14(20)10-11-15(24-18(22)25-19(2,3)4)16(12)17(21)23-13-8-6-5-7-9-13/h5-11H,20H2,1-4H3. The van der Waals surface area contributed by atoms with E-state index in [4.69, 9.17) is 19.9 Å². The summed E-state index contributed by atoms with van der Waals surface area (Å²) in [4.78, 5) is 24.5. The largest absolute Gasteiger partial charge is 0.514 e. The van der Waals surface area contributed by atoms with E-state index in [0.29, 0.717) is 17.0 Å². The minimum Gasteiger partial charge on any atom is -0.428 e. The van der Waals surface area contributed by atoms with Crippen molar-refractivity contribution in [3.8, 4) is 11.5 Å². The number of nitrogen functional groups attached to an aromatic ring is 1. The Kier molecular flexibility index (Phi) is 5.32. The first kappa shape index (κ1) is 18.3. The molecule has 0 heterocycles. The van der Waals surface area contributed by atoms with Crippen LogP contribution in [0.3, 0.4) is 0 Å². The van der Waals surface area contributed by atoms with E-state index in [1.807, 2.05) is 0 Å². The van der Waals surface area contributed by atoms with Crippen molar-refractivity contribution in [3.63, 3.8) is 0 Å². The van der Waals surface area contributed by atoms with Crippen molar-refractivity contribution >= 4 is 17.8 Å². The number of rotatable bonds is 3. The Morgan fingerprint density at radius 1 is 0.960 bits per heavy atom. The number of hydrogen-bond acceptors (Lipinski definition) is 6. The van der Waals surface area contributed by atoms with Crippen LogP contribution in [0, 0.1) is 6.92 Å². The zero-order valence-electron chi connectivity index (χ0n) is 14.7. The zero-order chi connectivity index (χ0) is 18.6. The van der Waals surface area contributed by atoms with E-state index in [1.165, 1.54) is 6.07 Å². The molecule has 2 aromatic rings. The predicted molar refractivity (Wildman–Crippen MR) is 93.9 cm³/mol. The average molecular weight is 343 g/mol. The molecule has 0 saturated carbocycles. The molecular weight excluding hydrogens is 322 g/mol. The molecule has 0 saturated heterocycles. The number of para-hydroxylation sites is 1. The summed E-state index contributed by atoms with van der Waals surface area (Å²) in [5.41, 5.74) is 6.08. The Morgan fingerprint density at radius 3 is 2.20 bits per heavy atom. The van der Waals surface area contributed by atoms with Crippen molar-refractivity contribution in [1.29, 1.82) is 0 Å². The zero-order valence-corrected chi connectivity index (χ0v) is 14.7. The predicted octanol–water partition coefficient (Wildman–Crippen LogP) is 4.11. The molecule has 0 unspecified atom stereocenters. The Hall–Kier alpha value is -3.02. The van der Waals surface area contributed by atoms with Crippen molar-refractivity contribution in [1.82, 2.24) is 0 Å². The van der Waals surface area contributed by atoms with Crippen LogP contribution in [0.5, 0.6) is 11.5 Å². The van der Waals surface area contributed by atoms with E-state index in [0.717, 1.165) is 0 Å². The fourth-order valence-corrected chi connectivity index (χ4v) is 2.05. The lowest BCUT2D eigenvalue weighted by Crippen LogP contribution is -2.26. The Morgan fingerprint density at radius 2 is 1.60 bits per heavy atom. The first-order chi connectivity index (χ1) is 11.7. The topological polar surface area (TPSA) is 87.9 Å². The second-order valence-electron chi connectivity index (χ2n) is 6.42. The summed E-state index contributed by atoms with van der Waals surface area (Å²) in [6.07, 6.45) is -0.912. The van der Waals surface area contributed by atoms with Gasteiger partial charge in [0.2, 0.25) is 0 Å². The number of carbonyl (C=O) groups excluding carboxylic acids is 2. The third kappa shape index (κ3) is 4.97. The molecule has 0 radical (unpaired) electrons. The van der Waals surface area contributed by atoms with Crippen LogP contribution in [0.25, 0.3) is 0 Å². The van der Waals surface area contributed by atoms with Gasteiger partial charge in [-0.25, -0.2) is 9.59 Å². The molecule has 0 atom stereocenters. The molecule has 0 spiro atoms. The van der Waals surface area contributed by atoms with E-state index in [9.17, 15) is 9.59 Å². The van der Waals surface area contributed by atoms with Gasteiger partial charge in [0.05, 0.1) is 0 Å². The highest BCUT2D eigenvalue weighted by atomic mass is 16.7. The number of nitrogens with two attached hydrogens (primary N) is 1. The SMILES string of the molecule is Cc1c(N)ccc(OC(=O)OC(C)(C)C)c1C(=O)Oc1ccccc1. The molecule has 0 aliphatic rings. The highest BCUT2D eigenvalue weighted by Gasteiger charge is 2.24. The maximum atomic E-state index is 12.6. The molecule has 25 heavy (non-hydrogen) atoms. The van der Waals surface area contributed by atoms with E-state index in [2.05, 4.69) is 0 Å². The molecule has 0 aromatic heterocycles. The molecule has 0 aliphatic heterocycles. The van der Waals surface area contributed by atoms with Crippen molar-refractivity contribution in [2.45, 2.75) is 33.3 Å². The molecule has 0 amide bonds. The monoisotopic (exact) mass is 343 g/mol. The smallest absolute Gasteiger partial charge is 0.428 e. The Labute approximate surface area is 146 Å². The number of anilines is 1. The van der Waals surface area contributed by atoms with Gasteiger partial charge in [-0.1, -0.05) is 18.2 Å². The van der Waals surface area contributed by atoms with Crippen molar-refractivity contribution in [3.05, 3.63) is 53.6 Å². The second-order valence-corrected chi connectivity index (χ2v) is 6.42. The maximum absolute atomic E-state index is 12.6. The Bertz CT molecular complexity index is 778. The van der Waals surface area contributed by atoms with E-state index in [1.54, 1.807) is 64.1 Å². The second kappa shape index (κ2) is 7.25. The molecular formula is C19H21NO5. The van der Waals surface area contributed by atoms with Crippen molar-refractivity contribution in [2.24, 2.45) is 0 Å². The van der Waals surface area contributed by atoms with Crippen LogP contribution in [-0.2, 0) is 4.74 Å². The highest BCUT2D eigenvalue weighted by Crippen LogP contribution is 2.29. The molecule has 0 aliphatic carbocycles. The first-order valence-electron chi connectivity index (χ1n) is 7.74. The van der Waals surface area contributed by atoms with Crippen LogP contribution >= 0.6 is 0 Å². The lowest BCUT2D eigenvalue weighted by atomic mass is 10.1. The van der Waals surface area contributed by atoms with Gasteiger partial charge in [-0.15, -0.1) is 0 Å². The van der Waals surface area contributed by atoms with Gasteiger partial charge < -0.3 is 19.9 Å². The fourth-order valence-electron chi connectivity index (χ4n) is 2.05. The third-order valence-corrected chi connectivity index (χ3v) is 3.21. The molecule has 2 aromatic carbocycles. The van der Waals surface area contributed by atoms with E-state index >= 15 is 0 Å². The van der Waals surface area contributed by atoms with Crippen LogP contribution in [-0.4, -0.2) is 17.7 Å². The van der Waals surface area contributed by atoms with Gasteiger partial charge >= 0.3 is 12.1 Å². The molecule has 6 nitrogen and oxygen atoms in total.